The number of anilines is 1. The monoisotopic (exact) mass is 293 g/mol. The lowest BCUT2D eigenvalue weighted by Gasteiger charge is -2.39. The van der Waals surface area contributed by atoms with Crippen molar-refractivity contribution in [2.24, 2.45) is 10.9 Å². The zero-order chi connectivity index (χ0) is 15.2. The Kier molecular flexibility index (Phi) is 5.21. The first-order valence-corrected chi connectivity index (χ1v) is 7.16. The van der Waals surface area contributed by atoms with Crippen LogP contribution >= 0.6 is 0 Å². The number of amidine groups is 1. The first-order valence-electron chi connectivity index (χ1n) is 7.16. The van der Waals surface area contributed by atoms with E-state index in [2.05, 4.69) is 19.9 Å². The quantitative estimate of drug-likeness (QED) is 0.360. The third-order valence-corrected chi connectivity index (χ3v) is 3.88. The number of hydrogen-bond acceptors (Lipinski definition) is 6. The Morgan fingerprint density at radius 1 is 1.43 bits per heavy atom. The Morgan fingerprint density at radius 3 is 2.62 bits per heavy atom. The summed E-state index contributed by atoms with van der Waals surface area (Å²) in [6.45, 7) is 5.51. The molecule has 7 nitrogen and oxygen atoms in total. The molecule has 21 heavy (non-hydrogen) atoms. The number of oxime groups is 1. The number of piperazine rings is 1. The van der Waals surface area contributed by atoms with Gasteiger partial charge in [-0.05, 0) is 18.6 Å². The van der Waals surface area contributed by atoms with Gasteiger partial charge in [-0.15, -0.1) is 0 Å². The van der Waals surface area contributed by atoms with Gasteiger partial charge in [0.2, 0.25) is 0 Å². The summed E-state index contributed by atoms with van der Waals surface area (Å²) in [7, 11) is 1.63. The number of nitrogens with two attached hydrogens (primary N) is 1. The second kappa shape index (κ2) is 7.12. The van der Waals surface area contributed by atoms with E-state index in [0.29, 0.717) is 0 Å². The van der Waals surface area contributed by atoms with Crippen molar-refractivity contribution in [3.05, 3.63) is 18.3 Å². The summed E-state index contributed by atoms with van der Waals surface area (Å²) < 4.78 is 5.12. The van der Waals surface area contributed by atoms with Crippen LogP contribution in [0.15, 0.2) is 23.5 Å². The average Bonchev–Trinajstić information content (AvgIpc) is 2.56. The van der Waals surface area contributed by atoms with Crippen LogP contribution in [-0.2, 0) is 0 Å². The number of ether oxygens (including phenoxy) is 1. The average molecular weight is 293 g/mol. The molecule has 1 atom stereocenters. The lowest BCUT2D eigenvalue weighted by Crippen LogP contribution is -2.54. The molecule has 1 aromatic rings. The largest absolute Gasteiger partial charge is 0.495 e. The van der Waals surface area contributed by atoms with E-state index in [0.717, 1.165) is 44.2 Å². The van der Waals surface area contributed by atoms with E-state index in [4.69, 9.17) is 15.7 Å². The third kappa shape index (κ3) is 3.55. The van der Waals surface area contributed by atoms with Gasteiger partial charge in [-0.3, -0.25) is 4.90 Å². The van der Waals surface area contributed by atoms with Gasteiger partial charge in [-0.1, -0.05) is 12.1 Å². The van der Waals surface area contributed by atoms with Crippen LogP contribution < -0.4 is 15.4 Å². The topological polar surface area (TPSA) is 87.2 Å². The molecule has 2 heterocycles. The van der Waals surface area contributed by atoms with E-state index in [1.807, 2.05) is 19.1 Å². The van der Waals surface area contributed by atoms with E-state index in [-0.39, 0.29) is 11.9 Å². The molecule has 0 aliphatic carbocycles. The second-order valence-corrected chi connectivity index (χ2v) is 5.03. The summed E-state index contributed by atoms with van der Waals surface area (Å²) in [6, 6.07) is 3.89. The predicted octanol–water partition coefficient (Wildman–Crippen LogP) is 0.737. The number of nitrogens with zero attached hydrogens (tertiary/aromatic N) is 4. The van der Waals surface area contributed by atoms with Crippen molar-refractivity contribution in [1.82, 2.24) is 9.88 Å². The molecular weight excluding hydrogens is 270 g/mol. The third-order valence-electron chi connectivity index (χ3n) is 3.88. The van der Waals surface area contributed by atoms with E-state index < -0.39 is 0 Å². The SMILES string of the molecule is CCC(/C(N)=N/O)N1CCN(c2ccc(OC)cn2)CC1. The summed E-state index contributed by atoms with van der Waals surface area (Å²) in [4.78, 5) is 8.88. The van der Waals surface area contributed by atoms with Crippen molar-refractivity contribution in [1.29, 1.82) is 0 Å². The van der Waals surface area contributed by atoms with Crippen LogP contribution in [0.2, 0.25) is 0 Å². The number of rotatable bonds is 5. The van der Waals surface area contributed by atoms with Crippen LogP contribution in [0.4, 0.5) is 5.82 Å². The fourth-order valence-electron chi connectivity index (χ4n) is 2.66. The van der Waals surface area contributed by atoms with Crippen molar-refractivity contribution >= 4 is 11.7 Å². The minimum atomic E-state index is 0.000904. The van der Waals surface area contributed by atoms with E-state index in [1.54, 1.807) is 13.3 Å². The van der Waals surface area contributed by atoms with Crippen molar-refractivity contribution in [2.75, 3.05) is 38.2 Å². The number of aromatic nitrogens is 1. The Hall–Kier alpha value is -2.02. The molecule has 1 unspecified atom stereocenters. The molecule has 0 aromatic carbocycles. The maximum Gasteiger partial charge on any atom is 0.156 e. The molecule has 1 aliphatic rings. The van der Waals surface area contributed by atoms with Crippen LogP contribution in [0.25, 0.3) is 0 Å². The summed E-state index contributed by atoms with van der Waals surface area (Å²) in [6.07, 6.45) is 2.56. The van der Waals surface area contributed by atoms with Crippen LogP contribution in [-0.4, -0.2) is 60.3 Å². The van der Waals surface area contributed by atoms with Gasteiger partial charge in [0.25, 0.3) is 0 Å². The Morgan fingerprint density at radius 2 is 2.14 bits per heavy atom. The molecule has 0 amide bonds. The minimum absolute atomic E-state index is 0.000904. The highest BCUT2D eigenvalue weighted by Crippen LogP contribution is 2.18. The summed E-state index contributed by atoms with van der Waals surface area (Å²) in [5.74, 6) is 2.00. The standard InChI is InChI=1S/C14H23N5O2/c1-3-12(14(15)17-20)18-6-8-19(9-7-18)13-5-4-11(21-2)10-16-13/h4-5,10,12,20H,3,6-9H2,1-2H3,(H2,15,17). The molecule has 1 aliphatic heterocycles. The van der Waals surface area contributed by atoms with Crippen molar-refractivity contribution in [2.45, 2.75) is 19.4 Å². The van der Waals surface area contributed by atoms with Crippen molar-refractivity contribution < 1.29 is 9.94 Å². The normalized spacial score (nSPS) is 18.6. The van der Waals surface area contributed by atoms with E-state index in [9.17, 15) is 0 Å². The number of pyridine rings is 1. The molecule has 0 saturated carbocycles. The molecule has 3 N–H and O–H groups in total. The van der Waals surface area contributed by atoms with Crippen LogP contribution in [0.3, 0.4) is 0 Å². The zero-order valence-electron chi connectivity index (χ0n) is 12.6. The fraction of sp³-hybridized carbons (Fsp3) is 0.571. The molecule has 1 aromatic heterocycles. The molecule has 0 bridgehead atoms. The summed E-state index contributed by atoms with van der Waals surface area (Å²) >= 11 is 0. The predicted molar refractivity (Wildman–Crippen MR) is 82.1 cm³/mol. The minimum Gasteiger partial charge on any atom is -0.495 e. The highest BCUT2D eigenvalue weighted by molar-refractivity contribution is 5.85. The molecule has 0 spiro atoms. The van der Waals surface area contributed by atoms with Gasteiger partial charge in [0.05, 0.1) is 19.3 Å². The Balaban J connectivity index is 1.96. The van der Waals surface area contributed by atoms with Crippen LogP contribution in [0.5, 0.6) is 5.75 Å². The first kappa shape index (κ1) is 15.4. The maximum atomic E-state index is 8.85. The molecule has 2 rings (SSSR count). The molecule has 1 saturated heterocycles. The highest BCUT2D eigenvalue weighted by Gasteiger charge is 2.25. The summed E-state index contributed by atoms with van der Waals surface area (Å²) in [5, 5.41) is 12.0. The molecule has 0 radical (unpaired) electrons. The van der Waals surface area contributed by atoms with Gasteiger partial charge in [-0.2, -0.15) is 0 Å². The van der Waals surface area contributed by atoms with Crippen molar-refractivity contribution in [3.63, 3.8) is 0 Å². The highest BCUT2D eigenvalue weighted by atomic mass is 16.5. The van der Waals surface area contributed by atoms with Gasteiger partial charge in [0, 0.05) is 26.2 Å². The zero-order valence-corrected chi connectivity index (χ0v) is 12.6. The second-order valence-electron chi connectivity index (χ2n) is 5.03. The lowest BCUT2D eigenvalue weighted by atomic mass is 10.1. The van der Waals surface area contributed by atoms with Gasteiger partial charge in [0.1, 0.15) is 11.6 Å². The Bertz CT molecular complexity index is 469. The van der Waals surface area contributed by atoms with E-state index in [1.165, 1.54) is 0 Å². The molecule has 7 heteroatoms. The van der Waals surface area contributed by atoms with Crippen LogP contribution in [0.1, 0.15) is 13.3 Å². The number of methoxy groups -OCH3 is 1. The number of hydrogen-bond donors (Lipinski definition) is 2. The van der Waals surface area contributed by atoms with Crippen LogP contribution in [0, 0.1) is 0 Å². The van der Waals surface area contributed by atoms with Gasteiger partial charge < -0.3 is 20.6 Å². The molecule has 1 fully saturated rings. The first-order chi connectivity index (χ1) is 10.2. The Labute approximate surface area is 125 Å². The molecular formula is C14H23N5O2. The fourth-order valence-corrected chi connectivity index (χ4v) is 2.66. The summed E-state index contributed by atoms with van der Waals surface area (Å²) in [5.41, 5.74) is 5.75. The molecule has 116 valence electrons. The van der Waals surface area contributed by atoms with Gasteiger partial charge >= 0.3 is 0 Å². The van der Waals surface area contributed by atoms with E-state index >= 15 is 0 Å². The van der Waals surface area contributed by atoms with Gasteiger partial charge in [0.15, 0.2) is 5.84 Å². The lowest BCUT2D eigenvalue weighted by molar-refractivity contribution is 0.215. The maximum absolute atomic E-state index is 8.85. The smallest absolute Gasteiger partial charge is 0.156 e. The van der Waals surface area contributed by atoms with Crippen molar-refractivity contribution in [3.8, 4) is 5.75 Å². The van der Waals surface area contributed by atoms with Gasteiger partial charge in [-0.25, -0.2) is 4.98 Å².